The lowest BCUT2D eigenvalue weighted by Crippen LogP contribution is -2.25. The van der Waals surface area contributed by atoms with Crippen LogP contribution < -0.4 is 0 Å². The van der Waals surface area contributed by atoms with E-state index in [4.69, 9.17) is 0 Å². The topological polar surface area (TPSA) is 0 Å². The van der Waals surface area contributed by atoms with Gasteiger partial charge in [0.25, 0.3) is 0 Å². The van der Waals surface area contributed by atoms with Crippen molar-refractivity contribution in [3.05, 3.63) is 23.3 Å². The zero-order valence-corrected chi connectivity index (χ0v) is 10.5. The third-order valence-electron chi connectivity index (χ3n) is 4.63. The van der Waals surface area contributed by atoms with E-state index in [1.807, 2.05) is 0 Å². The SMILES string of the molecule is C=C1CCC2=C1CCC(C)C2C(C)CC. The monoisotopic (exact) mass is 204 g/mol. The standard InChI is InChI=1S/C15H24/c1-5-10(2)15-12(4)7-8-13-11(3)6-9-14(13)15/h10,12,15H,3,5-9H2,1-2,4H3. The highest BCUT2D eigenvalue weighted by Gasteiger charge is 2.34. The predicted octanol–water partition coefficient (Wildman–Crippen LogP) is 4.73. The van der Waals surface area contributed by atoms with Crippen molar-refractivity contribution in [1.29, 1.82) is 0 Å². The smallest absolute Gasteiger partial charge is 0.0146 e. The molecule has 0 aromatic heterocycles. The molecule has 15 heavy (non-hydrogen) atoms. The molecule has 0 bridgehead atoms. The molecule has 0 spiro atoms. The van der Waals surface area contributed by atoms with E-state index in [9.17, 15) is 0 Å². The van der Waals surface area contributed by atoms with Gasteiger partial charge in [0.2, 0.25) is 0 Å². The van der Waals surface area contributed by atoms with Crippen molar-refractivity contribution < 1.29 is 0 Å². The summed E-state index contributed by atoms with van der Waals surface area (Å²) in [7, 11) is 0. The van der Waals surface area contributed by atoms with Gasteiger partial charge in [-0.2, -0.15) is 0 Å². The molecule has 0 amide bonds. The van der Waals surface area contributed by atoms with Gasteiger partial charge in [-0.05, 0) is 49.0 Å². The van der Waals surface area contributed by atoms with Crippen LogP contribution in [-0.4, -0.2) is 0 Å². The van der Waals surface area contributed by atoms with Crippen LogP contribution in [0.2, 0.25) is 0 Å². The normalized spacial score (nSPS) is 33.1. The van der Waals surface area contributed by atoms with E-state index in [0.717, 1.165) is 17.8 Å². The van der Waals surface area contributed by atoms with Crippen LogP contribution in [0.5, 0.6) is 0 Å². The van der Waals surface area contributed by atoms with Crippen LogP contribution in [0.25, 0.3) is 0 Å². The minimum atomic E-state index is 0.858. The fourth-order valence-corrected chi connectivity index (χ4v) is 3.57. The van der Waals surface area contributed by atoms with E-state index in [2.05, 4.69) is 27.4 Å². The fraction of sp³-hybridized carbons (Fsp3) is 0.733. The lowest BCUT2D eigenvalue weighted by molar-refractivity contribution is 0.261. The summed E-state index contributed by atoms with van der Waals surface area (Å²) in [5.74, 6) is 2.61. The first-order valence-electron chi connectivity index (χ1n) is 6.55. The summed E-state index contributed by atoms with van der Waals surface area (Å²) < 4.78 is 0. The second kappa shape index (κ2) is 4.15. The van der Waals surface area contributed by atoms with E-state index < -0.39 is 0 Å². The molecular weight excluding hydrogens is 180 g/mol. The summed E-state index contributed by atoms with van der Waals surface area (Å²) in [4.78, 5) is 0. The van der Waals surface area contributed by atoms with Gasteiger partial charge in [0.1, 0.15) is 0 Å². The molecule has 0 saturated carbocycles. The van der Waals surface area contributed by atoms with E-state index in [-0.39, 0.29) is 0 Å². The number of hydrogen-bond donors (Lipinski definition) is 0. The zero-order valence-electron chi connectivity index (χ0n) is 10.5. The van der Waals surface area contributed by atoms with Crippen LogP contribution in [-0.2, 0) is 0 Å². The first-order chi connectivity index (χ1) is 7.15. The number of rotatable bonds is 2. The maximum Gasteiger partial charge on any atom is -0.0146 e. The maximum absolute atomic E-state index is 4.23. The highest BCUT2D eigenvalue weighted by atomic mass is 14.4. The van der Waals surface area contributed by atoms with Gasteiger partial charge in [-0.3, -0.25) is 0 Å². The molecule has 2 aliphatic carbocycles. The molecule has 2 aliphatic rings. The van der Waals surface area contributed by atoms with Crippen LogP contribution in [0.15, 0.2) is 23.3 Å². The third kappa shape index (κ3) is 1.79. The van der Waals surface area contributed by atoms with Gasteiger partial charge in [-0.25, -0.2) is 0 Å². The van der Waals surface area contributed by atoms with Crippen LogP contribution in [0.4, 0.5) is 0 Å². The Balaban J connectivity index is 2.30. The van der Waals surface area contributed by atoms with Crippen molar-refractivity contribution in [2.45, 2.75) is 52.9 Å². The zero-order chi connectivity index (χ0) is 11.0. The van der Waals surface area contributed by atoms with Gasteiger partial charge in [0.05, 0.1) is 0 Å². The fourth-order valence-electron chi connectivity index (χ4n) is 3.57. The maximum atomic E-state index is 4.23. The van der Waals surface area contributed by atoms with Gasteiger partial charge in [-0.15, -0.1) is 0 Å². The predicted molar refractivity (Wildman–Crippen MR) is 66.7 cm³/mol. The Hall–Kier alpha value is -0.520. The Morgan fingerprint density at radius 1 is 1.33 bits per heavy atom. The Morgan fingerprint density at radius 3 is 2.73 bits per heavy atom. The van der Waals surface area contributed by atoms with Crippen molar-refractivity contribution in [1.82, 2.24) is 0 Å². The van der Waals surface area contributed by atoms with Gasteiger partial charge < -0.3 is 0 Å². The molecule has 0 aliphatic heterocycles. The van der Waals surface area contributed by atoms with E-state index in [0.29, 0.717) is 0 Å². The molecule has 0 radical (unpaired) electrons. The highest BCUT2D eigenvalue weighted by molar-refractivity contribution is 5.42. The van der Waals surface area contributed by atoms with Crippen molar-refractivity contribution in [3.8, 4) is 0 Å². The van der Waals surface area contributed by atoms with Crippen LogP contribution in [0.3, 0.4) is 0 Å². The molecule has 0 aromatic rings. The first-order valence-corrected chi connectivity index (χ1v) is 6.55. The Bertz CT molecular complexity index is 295. The summed E-state index contributed by atoms with van der Waals surface area (Å²) in [6.07, 6.45) is 6.56. The van der Waals surface area contributed by atoms with E-state index in [1.54, 1.807) is 11.1 Å². The third-order valence-corrected chi connectivity index (χ3v) is 4.63. The van der Waals surface area contributed by atoms with Crippen molar-refractivity contribution in [3.63, 3.8) is 0 Å². The Morgan fingerprint density at radius 2 is 2.07 bits per heavy atom. The van der Waals surface area contributed by atoms with Gasteiger partial charge in [0, 0.05) is 0 Å². The summed E-state index contributed by atoms with van der Waals surface area (Å²) in [6, 6.07) is 0. The molecule has 0 heteroatoms. The summed E-state index contributed by atoms with van der Waals surface area (Å²) in [5, 5.41) is 0. The minimum absolute atomic E-state index is 0.858. The molecular formula is C15H24. The van der Waals surface area contributed by atoms with Crippen molar-refractivity contribution >= 4 is 0 Å². The van der Waals surface area contributed by atoms with Crippen molar-refractivity contribution in [2.75, 3.05) is 0 Å². The summed E-state index contributed by atoms with van der Waals surface area (Å²) >= 11 is 0. The van der Waals surface area contributed by atoms with E-state index in [1.165, 1.54) is 37.7 Å². The van der Waals surface area contributed by atoms with Crippen molar-refractivity contribution in [2.24, 2.45) is 17.8 Å². The Labute approximate surface area is 94.5 Å². The Kier molecular flexibility index (Phi) is 3.04. The summed E-state index contributed by atoms with van der Waals surface area (Å²) in [6.45, 7) is 11.4. The van der Waals surface area contributed by atoms with Crippen LogP contribution in [0.1, 0.15) is 52.9 Å². The molecule has 0 fully saturated rings. The van der Waals surface area contributed by atoms with Gasteiger partial charge in [0.15, 0.2) is 0 Å². The van der Waals surface area contributed by atoms with Gasteiger partial charge in [-0.1, -0.05) is 44.9 Å². The minimum Gasteiger partial charge on any atom is -0.0955 e. The summed E-state index contributed by atoms with van der Waals surface area (Å²) in [5.41, 5.74) is 4.90. The molecule has 2 rings (SSSR count). The molecule has 3 atom stereocenters. The molecule has 0 aromatic carbocycles. The number of allylic oxidation sites excluding steroid dienone is 3. The van der Waals surface area contributed by atoms with Crippen LogP contribution >= 0.6 is 0 Å². The first kappa shape index (κ1) is 11.0. The quantitative estimate of drug-likeness (QED) is 0.610. The van der Waals surface area contributed by atoms with Gasteiger partial charge >= 0.3 is 0 Å². The average Bonchev–Trinajstić information content (AvgIpc) is 2.59. The molecule has 0 nitrogen and oxygen atoms in total. The molecule has 84 valence electrons. The molecule has 3 unspecified atom stereocenters. The largest absolute Gasteiger partial charge is 0.0955 e. The van der Waals surface area contributed by atoms with Crippen LogP contribution in [0, 0.1) is 17.8 Å². The molecule has 0 heterocycles. The molecule has 0 saturated heterocycles. The highest BCUT2D eigenvalue weighted by Crippen LogP contribution is 2.48. The number of hydrogen-bond acceptors (Lipinski definition) is 0. The second-order valence-corrected chi connectivity index (χ2v) is 5.53. The second-order valence-electron chi connectivity index (χ2n) is 5.53. The lowest BCUT2D eigenvalue weighted by atomic mass is 9.70. The molecule has 0 N–H and O–H groups in total. The average molecular weight is 204 g/mol. The van der Waals surface area contributed by atoms with E-state index >= 15 is 0 Å². The lowest BCUT2D eigenvalue weighted by Gasteiger charge is -2.35.